The summed E-state index contributed by atoms with van der Waals surface area (Å²) in [6, 6.07) is 4.46. The Morgan fingerprint density at radius 3 is 2.35 bits per heavy atom. The van der Waals surface area contributed by atoms with E-state index in [-0.39, 0.29) is 21.5 Å². The van der Waals surface area contributed by atoms with Crippen molar-refractivity contribution in [2.45, 2.75) is 11.0 Å². The lowest BCUT2D eigenvalue weighted by Gasteiger charge is -2.12. The van der Waals surface area contributed by atoms with Gasteiger partial charge < -0.3 is 10.4 Å². The van der Waals surface area contributed by atoms with E-state index >= 15 is 0 Å². The molecule has 0 amide bonds. The molecule has 0 spiro atoms. The number of aliphatic hydroxyl groups excluding tert-OH is 1. The lowest BCUT2D eigenvalue weighted by molar-refractivity contribution is 0.197. The summed E-state index contributed by atoms with van der Waals surface area (Å²) >= 11 is 11.6. The number of likely N-dealkylation sites (N-methyl/N-ethyl adjacent to an activating group) is 1. The second-order valence-electron chi connectivity index (χ2n) is 3.54. The van der Waals surface area contributed by atoms with Crippen LogP contribution in [0, 0.1) is 0 Å². The van der Waals surface area contributed by atoms with Gasteiger partial charge in [0, 0.05) is 6.54 Å². The fourth-order valence-corrected chi connectivity index (χ4v) is 4.03. The molecule has 0 aromatic heterocycles. The van der Waals surface area contributed by atoms with Crippen molar-refractivity contribution in [1.82, 2.24) is 5.32 Å². The molecule has 0 saturated carbocycles. The van der Waals surface area contributed by atoms with Crippen LogP contribution in [0.15, 0.2) is 23.1 Å². The van der Waals surface area contributed by atoms with Gasteiger partial charge in [-0.3, -0.25) is 0 Å². The van der Waals surface area contributed by atoms with Crippen molar-refractivity contribution in [3.63, 3.8) is 0 Å². The Morgan fingerprint density at radius 2 is 1.88 bits per heavy atom. The Morgan fingerprint density at radius 1 is 1.35 bits per heavy atom. The van der Waals surface area contributed by atoms with Gasteiger partial charge in [-0.2, -0.15) is 0 Å². The monoisotopic (exact) mass is 297 g/mol. The van der Waals surface area contributed by atoms with Gasteiger partial charge in [-0.05, 0) is 19.2 Å². The normalized spacial score (nSPS) is 13.6. The van der Waals surface area contributed by atoms with Gasteiger partial charge in [-0.25, -0.2) is 8.42 Å². The number of aliphatic hydroxyl groups is 1. The smallest absolute Gasteiger partial charge is 0.183 e. The van der Waals surface area contributed by atoms with E-state index in [0.29, 0.717) is 0 Å². The summed E-state index contributed by atoms with van der Waals surface area (Å²) in [6.45, 7) is 0.182. The molecular formula is C10H13Cl2NO3S. The third-order valence-corrected chi connectivity index (χ3v) is 4.82. The first kappa shape index (κ1) is 14.7. The highest BCUT2D eigenvalue weighted by molar-refractivity contribution is 7.91. The number of hydrogen-bond donors (Lipinski definition) is 2. The highest BCUT2D eigenvalue weighted by Gasteiger charge is 2.24. The maximum Gasteiger partial charge on any atom is 0.183 e. The molecule has 7 heteroatoms. The molecule has 1 rings (SSSR count). The molecule has 1 unspecified atom stereocenters. The van der Waals surface area contributed by atoms with Crippen molar-refractivity contribution < 1.29 is 13.5 Å². The van der Waals surface area contributed by atoms with E-state index in [2.05, 4.69) is 5.32 Å². The number of sulfone groups is 1. The van der Waals surface area contributed by atoms with Crippen molar-refractivity contribution in [2.75, 3.05) is 19.3 Å². The van der Waals surface area contributed by atoms with Crippen LogP contribution in [-0.2, 0) is 9.84 Å². The van der Waals surface area contributed by atoms with Gasteiger partial charge in [0.1, 0.15) is 4.90 Å². The fraction of sp³-hybridized carbons (Fsp3) is 0.400. The summed E-state index contributed by atoms with van der Waals surface area (Å²) in [5.74, 6) is -0.419. The predicted molar refractivity (Wildman–Crippen MR) is 68.4 cm³/mol. The minimum atomic E-state index is -3.70. The van der Waals surface area contributed by atoms with Crippen LogP contribution in [0.2, 0.25) is 10.0 Å². The number of nitrogens with one attached hydrogen (secondary N) is 1. The van der Waals surface area contributed by atoms with Gasteiger partial charge in [0.05, 0.1) is 21.9 Å². The Bertz CT molecular complexity index is 470. The van der Waals surface area contributed by atoms with Gasteiger partial charge in [0.15, 0.2) is 9.84 Å². The van der Waals surface area contributed by atoms with Crippen molar-refractivity contribution in [3.05, 3.63) is 28.2 Å². The van der Waals surface area contributed by atoms with Crippen molar-refractivity contribution in [3.8, 4) is 0 Å². The molecule has 0 aliphatic carbocycles. The first-order chi connectivity index (χ1) is 7.88. The second-order valence-corrected chi connectivity index (χ2v) is 6.33. The molecule has 1 aromatic carbocycles. The van der Waals surface area contributed by atoms with Crippen LogP contribution in [0.25, 0.3) is 0 Å². The van der Waals surface area contributed by atoms with Crippen molar-refractivity contribution in [2.24, 2.45) is 0 Å². The SMILES string of the molecule is CNCC(O)CS(=O)(=O)c1c(Cl)cccc1Cl. The average Bonchev–Trinajstić information content (AvgIpc) is 2.15. The molecule has 0 bridgehead atoms. The first-order valence-corrected chi connectivity index (χ1v) is 7.28. The van der Waals surface area contributed by atoms with E-state index in [1.807, 2.05) is 0 Å². The third-order valence-electron chi connectivity index (χ3n) is 2.08. The summed E-state index contributed by atoms with van der Waals surface area (Å²) in [5, 5.41) is 12.3. The van der Waals surface area contributed by atoms with Crippen LogP contribution in [0.3, 0.4) is 0 Å². The van der Waals surface area contributed by atoms with Gasteiger partial charge in [-0.15, -0.1) is 0 Å². The van der Waals surface area contributed by atoms with Crippen LogP contribution in [0.4, 0.5) is 0 Å². The van der Waals surface area contributed by atoms with Crippen LogP contribution in [0.5, 0.6) is 0 Å². The molecule has 0 fully saturated rings. The van der Waals surface area contributed by atoms with E-state index in [4.69, 9.17) is 23.2 Å². The molecule has 0 saturated heterocycles. The maximum absolute atomic E-state index is 12.0. The Balaban J connectivity index is 3.06. The highest BCUT2D eigenvalue weighted by atomic mass is 35.5. The zero-order valence-corrected chi connectivity index (χ0v) is 11.5. The standard InChI is InChI=1S/C10H13Cl2NO3S/c1-13-5-7(14)6-17(15,16)10-8(11)3-2-4-9(10)12/h2-4,7,13-14H,5-6H2,1H3. The summed E-state index contributed by atoms with van der Waals surface area (Å²) in [7, 11) is -2.07. The van der Waals surface area contributed by atoms with E-state index in [0.717, 1.165) is 0 Å². The molecule has 96 valence electrons. The number of rotatable bonds is 5. The number of hydrogen-bond acceptors (Lipinski definition) is 4. The van der Waals surface area contributed by atoms with E-state index in [1.54, 1.807) is 13.1 Å². The fourth-order valence-electron chi connectivity index (χ4n) is 1.41. The number of halogens is 2. The van der Waals surface area contributed by atoms with Crippen LogP contribution >= 0.6 is 23.2 Å². The molecule has 17 heavy (non-hydrogen) atoms. The van der Waals surface area contributed by atoms with Gasteiger partial charge >= 0.3 is 0 Å². The third kappa shape index (κ3) is 3.82. The van der Waals surface area contributed by atoms with Crippen LogP contribution in [0.1, 0.15) is 0 Å². The molecule has 1 atom stereocenters. The highest BCUT2D eigenvalue weighted by Crippen LogP contribution is 2.30. The molecule has 0 aliphatic heterocycles. The quantitative estimate of drug-likeness (QED) is 0.861. The van der Waals surface area contributed by atoms with E-state index in [1.165, 1.54) is 12.1 Å². The topological polar surface area (TPSA) is 66.4 Å². The summed E-state index contributed by atoms with van der Waals surface area (Å²) < 4.78 is 24.0. The molecule has 0 radical (unpaired) electrons. The van der Waals surface area contributed by atoms with E-state index in [9.17, 15) is 13.5 Å². The second kappa shape index (κ2) is 6.02. The van der Waals surface area contributed by atoms with Crippen LogP contribution < -0.4 is 5.32 Å². The Hall–Kier alpha value is -0.330. The van der Waals surface area contributed by atoms with Crippen molar-refractivity contribution >= 4 is 33.0 Å². The van der Waals surface area contributed by atoms with Gasteiger partial charge in [0.2, 0.25) is 0 Å². The lowest BCUT2D eigenvalue weighted by atomic mass is 10.4. The lowest BCUT2D eigenvalue weighted by Crippen LogP contribution is -2.30. The molecular weight excluding hydrogens is 285 g/mol. The van der Waals surface area contributed by atoms with Crippen LogP contribution in [-0.4, -0.2) is 39.0 Å². The predicted octanol–water partition coefficient (Wildman–Crippen LogP) is 1.35. The zero-order valence-electron chi connectivity index (χ0n) is 9.15. The summed E-state index contributed by atoms with van der Waals surface area (Å²) in [5.41, 5.74) is 0. The Kier molecular flexibility index (Phi) is 5.22. The van der Waals surface area contributed by atoms with Gasteiger partial charge in [0.25, 0.3) is 0 Å². The Labute approximate surface area is 110 Å². The largest absolute Gasteiger partial charge is 0.391 e. The van der Waals surface area contributed by atoms with Gasteiger partial charge in [-0.1, -0.05) is 29.3 Å². The minimum absolute atomic E-state index is 0.0640. The molecule has 0 heterocycles. The molecule has 4 nitrogen and oxygen atoms in total. The van der Waals surface area contributed by atoms with E-state index < -0.39 is 21.7 Å². The maximum atomic E-state index is 12.0. The minimum Gasteiger partial charge on any atom is -0.391 e. The molecule has 2 N–H and O–H groups in total. The van der Waals surface area contributed by atoms with Crippen molar-refractivity contribution in [1.29, 1.82) is 0 Å². The molecule has 0 aliphatic rings. The summed E-state index contributed by atoms with van der Waals surface area (Å²) in [6.07, 6.45) is -1.00. The first-order valence-electron chi connectivity index (χ1n) is 4.88. The number of benzene rings is 1. The summed E-state index contributed by atoms with van der Waals surface area (Å²) in [4.78, 5) is -0.126. The average molecular weight is 298 g/mol. The molecule has 1 aromatic rings. The zero-order chi connectivity index (χ0) is 13.1.